The first-order valence-corrected chi connectivity index (χ1v) is 9.13. The number of carbonyl (C=O) groups excluding carboxylic acids is 1. The first-order chi connectivity index (χ1) is 13.4. The lowest BCUT2D eigenvalue weighted by Gasteiger charge is -2.07. The number of carbonyl (C=O) groups is 1. The van der Waals surface area contributed by atoms with Gasteiger partial charge in [-0.15, -0.1) is 0 Å². The summed E-state index contributed by atoms with van der Waals surface area (Å²) in [5.74, 6) is 0.0380. The van der Waals surface area contributed by atoms with Crippen LogP contribution >= 0.6 is 0 Å². The van der Waals surface area contributed by atoms with Gasteiger partial charge in [0.2, 0.25) is 0 Å². The maximum atomic E-state index is 12.7. The molecule has 0 aliphatic heterocycles. The van der Waals surface area contributed by atoms with Gasteiger partial charge in [0.25, 0.3) is 5.91 Å². The van der Waals surface area contributed by atoms with Crippen molar-refractivity contribution in [1.29, 1.82) is 0 Å². The minimum atomic E-state index is -4.50. The second kappa shape index (κ2) is 10.5. The quantitative estimate of drug-likeness (QED) is 0.352. The van der Waals surface area contributed by atoms with E-state index in [1.54, 1.807) is 24.3 Å². The third-order valence-electron chi connectivity index (χ3n) is 3.98. The molecule has 0 spiro atoms. The number of hydrogen-bond donors (Lipinski definition) is 1. The Bertz CT molecular complexity index is 787. The number of unbranched alkanes of at least 4 members (excludes halogenated alkanes) is 3. The van der Waals surface area contributed by atoms with Crippen LogP contribution < -0.4 is 10.2 Å². The molecule has 2 aromatic rings. The van der Waals surface area contributed by atoms with Gasteiger partial charge in [0.15, 0.2) is 0 Å². The molecule has 0 radical (unpaired) electrons. The molecule has 4 nitrogen and oxygen atoms in total. The summed E-state index contributed by atoms with van der Waals surface area (Å²) >= 11 is 0. The van der Waals surface area contributed by atoms with Crippen LogP contribution in [-0.2, 0) is 6.18 Å². The third kappa shape index (κ3) is 7.06. The fourth-order valence-corrected chi connectivity index (χ4v) is 2.44. The summed E-state index contributed by atoms with van der Waals surface area (Å²) in [5, 5.41) is 3.79. The molecular weight excluding hydrogens is 369 g/mol. The molecule has 0 atom stereocenters. The van der Waals surface area contributed by atoms with Crippen molar-refractivity contribution in [3.8, 4) is 5.75 Å². The summed E-state index contributed by atoms with van der Waals surface area (Å²) in [4.78, 5) is 11.9. The van der Waals surface area contributed by atoms with Crippen LogP contribution in [0.2, 0.25) is 0 Å². The van der Waals surface area contributed by atoms with E-state index in [0.29, 0.717) is 6.61 Å². The molecule has 28 heavy (non-hydrogen) atoms. The van der Waals surface area contributed by atoms with Crippen LogP contribution in [-0.4, -0.2) is 18.7 Å². The molecule has 1 N–H and O–H groups in total. The SMILES string of the molecule is CCCCCCOc1ccc(/C=N/NC(=O)c2cccc(C(F)(F)F)c2)cc1. The monoisotopic (exact) mass is 392 g/mol. The van der Waals surface area contributed by atoms with Crippen molar-refractivity contribution >= 4 is 12.1 Å². The Morgan fingerprint density at radius 3 is 2.54 bits per heavy atom. The molecular formula is C21H23F3N2O2. The normalized spacial score (nSPS) is 11.6. The molecule has 2 aromatic carbocycles. The van der Waals surface area contributed by atoms with Gasteiger partial charge in [0, 0.05) is 5.56 Å². The van der Waals surface area contributed by atoms with E-state index in [0.717, 1.165) is 36.3 Å². The number of hydrazone groups is 1. The second-order valence-electron chi connectivity index (χ2n) is 6.26. The van der Waals surface area contributed by atoms with E-state index in [4.69, 9.17) is 4.74 Å². The third-order valence-corrected chi connectivity index (χ3v) is 3.98. The van der Waals surface area contributed by atoms with Gasteiger partial charge >= 0.3 is 6.18 Å². The number of halogens is 3. The van der Waals surface area contributed by atoms with Gasteiger partial charge in [-0.2, -0.15) is 18.3 Å². The van der Waals surface area contributed by atoms with E-state index in [1.165, 1.54) is 31.2 Å². The first kappa shape index (κ1) is 21.5. The molecule has 0 unspecified atom stereocenters. The zero-order valence-electron chi connectivity index (χ0n) is 15.6. The Labute approximate surface area is 162 Å². The predicted molar refractivity (Wildman–Crippen MR) is 103 cm³/mol. The number of benzene rings is 2. The van der Waals surface area contributed by atoms with Crippen LogP contribution in [0.25, 0.3) is 0 Å². The summed E-state index contributed by atoms with van der Waals surface area (Å²) in [6.07, 6.45) is 1.45. The molecule has 150 valence electrons. The number of alkyl halides is 3. The molecule has 0 aromatic heterocycles. The largest absolute Gasteiger partial charge is 0.494 e. The molecule has 2 rings (SSSR count). The van der Waals surface area contributed by atoms with E-state index >= 15 is 0 Å². The minimum absolute atomic E-state index is 0.112. The number of amides is 1. The molecule has 0 fully saturated rings. The van der Waals surface area contributed by atoms with Crippen molar-refractivity contribution in [2.75, 3.05) is 6.61 Å². The average molecular weight is 392 g/mol. The first-order valence-electron chi connectivity index (χ1n) is 9.13. The van der Waals surface area contributed by atoms with Crippen molar-refractivity contribution in [3.05, 3.63) is 65.2 Å². The van der Waals surface area contributed by atoms with Crippen LogP contribution in [0.1, 0.15) is 54.1 Å². The highest BCUT2D eigenvalue weighted by Gasteiger charge is 2.30. The molecule has 1 amide bonds. The van der Waals surface area contributed by atoms with Gasteiger partial charge in [-0.05, 0) is 54.4 Å². The maximum Gasteiger partial charge on any atom is 0.416 e. The van der Waals surface area contributed by atoms with Gasteiger partial charge in [-0.25, -0.2) is 5.43 Å². The minimum Gasteiger partial charge on any atom is -0.494 e. The number of ether oxygens (including phenoxy) is 1. The summed E-state index contributed by atoms with van der Waals surface area (Å²) in [6, 6.07) is 11.3. The highest BCUT2D eigenvalue weighted by Crippen LogP contribution is 2.29. The lowest BCUT2D eigenvalue weighted by atomic mass is 10.1. The molecule has 0 heterocycles. The lowest BCUT2D eigenvalue weighted by molar-refractivity contribution is -0.137. The van der Waals surface area contributed by atoms with Crippen LogP contribution in [0.5, 0.6) is 5.75 Å². The smallest absolute Gasteiger partial charge is 0.416 e. The fourth-order valence-electron chi connectivity index (χ4n) is 2.44. The van der Waals surface area contributed by atoms with E-state index in [-0.39, 0.29) is 5.56 Å². The van der Waals surface area contributed by atoms with Crippen LogP contribution in [0.4, 0.5) is 13.2 Å². The molecule has 0 saturated carbocycles. The van der Waals surface area contributed by atoms with Crippen LogP contribution in [0, 0.1) is 0 Å². The maximum absolute atomic E-state index is 12.7. The average Bonchev–Trinajstić information content (AvgIpc) is 2.68. The Kier molecular flexibility index (Phi) is 8.04. The van der Waals surface area contributed by atoms with Crippen molar-refractivity contribution < 1.29 is 22.7 Å². The lowest BCUT2D eigenvalue weighted by Crippen LogP contribution is -2.18. The van der Waals surface area contributed by atoms with Crippen LogP contribution in [0.3, 0.4) is 0 Å². The van der Waals surface area contributed by atoms with E-state index in [9.17, 15) is 18.0 Å². The van der Waals surface area contributed by atoms with E-state index < -0.39 is 17.6 Å². The van der Waals surface area contributed by atoms with E-state index in [2.05, 4.69) is 17.5 Å². The highest BCUT2D eigenvalue weighted by molar-refractivity contribution is 5.95. The Morgan fingerprint density at radius 2 is 1.86 bits per heavy atom. The Morgan fingerprint density at radius 1 is 1.11 bits per heavy atom. The summed E-state index contributed by atoms with van der Waals surface area (Å²) in [7, 11) is 0. The number of nitrogens with one attached hydrogen (secondary N) is 1. The Balaban J connectivity index is 1.84. The van der Waals surface area contributed by atoms with E-state index in [1.807, 2.05) is 0 Å². The fraction of sp³-hybridized carbons (Fsp3) is 0.333. The van der Waals surface area contributed by atoms with Crippen molar-refractivity contribution in [2.24, 2.45) is 5.10 Å². The standard InChI is InChI=1S/C21H23F3N2O2/c1-2-3-4-5-13-28-19-11-9-16(10-12-19)15-25-26-20(27)17-7-6-8-18(14-17)21(22,23)24/h6-12,14-15H,2-5,13H2,1H3,(H,26,27)/b25-15+. The molecule has 7 heteroatoms. The zero-order valence-corrected chi connectivity index (χ0v) is 15.6. The summed E-state index contributed by atoms with van der Waals surface area (Å²) in [6.45, 7) is 2.82. The number of nitrogens with zero attached hydrogens (tertiary/aromatic N) is 1. The topological polar surface area (TPSA) is 50.7 Å². The molecule has 0 bridgehead atoms. The van der Waals surface area contributed by atoms with Crippen LogP contribution in [0.15, 0.2) is 53.6 Å². The van der Waals surface area contributed by atoms with Gasteiger partial charge < -0.3 is 4.74 Å². The summed E-state index contributed by atoms with van der Waals surface area (Å²) < 4.78 is 43.7. The van der Waals surface area contributed by atoms with Crippen molar-refractivity contribution in [3.63, 3.8) is 0 Å². The van der Waals surface area contributed by atoms with Crippen molar-refractivity contribution in [2.45, 2.75) is 38.8 Å². The summed E-state index contributed by atoms with van der Waals surface area (Å²) in [5.41, 5.74) is 1.96. The molecule has 0 aliphatic carbocycles. The van der Waals surface area contributed by atoms with Gasteiger partial charge in [0.1, 0.15) is 5.75 Å². The number of hydrogen-bond acceptors (Lipinski definition) is 3. The zero-order chi connectivity index (χ0) is 20.4. The van der Waals surface area contributed by atoms with Gasteiger partial charge in [-0.3, -0.25) is 4.79 Å². The molecule has 0 saturated heterocycles. The predicted octanol–water partition coefficient (Wildman–Crippen LogP) is 5.43. The highest BCUT2D eigenvalue weighted by atomic mass is 19.4. The second-order valence-corrected chi connectivity index (χ2v) is 6.26. The van der Waals surface area contributed by atoms with Gasteiger partial charge in [0.05, 0.1) is 18.4 Å². The molecule has 0 aliphatic rings. The van der Waals surface area contributed by atoms with Gasteiger partial charge in [-0.1, -0.05) is 32.3 Å². The Hall–Kier alpha value is -2.83. The number of rotatable bonds is 9. The van der Waals surface area contributed by atoms with Crippen molar-refractivity contribution in [1.82, 2.24) is 5.43 Å².